The highest BCUT2D eigenvalue weighted by Gasteiger charge is 2.41. The maximum absolute atomic E-state index is 13.0. The van der Waals surface area contributed by atoms with E-state index in [-0.39, 0.29) is 27.0 Å². The standard InChI is InChI=1S/C16H21ClN2O3S/c1-16(2,3)15-19-12-6-5-11(17)14(13(12)22-15)23(20,21)10-7-9(8-10)18-4/h5-6,9-10,18H,7-8H2,1-4H3/t9-,10+. The zero-order valence-corrected chi connectivity index (χ0v) is 15.3. The van der Waals surface area contributed by atoms with Crippen LogP contribution in [0.2, 0.25) is 5.02 Å². The SMILES string of the molecule is CN[C@H]1C[C@@H](S(=O)(=O)c2c(Cl)ccc3nc(C(C)(C)C)oc23)C1. The van der Waals surface area contributed by atoms with Crippen LogP contribution in [0.1, 0.15) is 39.5 Å². The van der Waals surface area contributed by atoms with Crippen LogP contribution in [0.4, 0.5) is 0 Å². The van der Waals surface area contributed by atoms with E-state index in [0.717, 1.165) is 0 Å². The van der Waals surface area contributed by atoms with Gasteiger partial charge in [-0.25, -0.2) is 13.4 Å². The van der Waals surface area contributed by atoms with E-state index in [0.29, 0.717) is 24.2 Å². The molecule has 0 atom stereocenters. The van der Waals surface area contributed by atoms with Gasteiger partial charge in [-0.1, -0.05) is 32.4 Å². The lowest BCUT2D eigenvalue weighted by atomic mass is 9.93. The Morgan fingerprint density at radius 3 is 2.52 bits per heavy atom. The van der Waals surface area contributed by atoms with Gasteiger partial charge >= 0.3 is 0 Å². The Bertz CT molecular complexity index is 846. The van der Waals surface area contributed by atoms with E-state index in [9.17, 15) is 8.42 Å². The Hall–Kier alpha value is -1.11. The molecule has 0 bridgehead atoms. The van der Waals surface area contributed by atoms with Crippen molar-refractivity contribution in [1.29, 1.82) is 0 Å². The van der Waals surface area contributed by atoms with Gasteiger partial charge in [0, 0.05) is 11.5 Å². The fraction of sp³-hybridized carbons (Fsp3) is 0.562. The van der Waals surface area contributed by atoms with Crippen LogP contribution in [0, 0.1) is 0 Å². The van der Waals surface area contributed by atoms with Crippen molar-refractivity contribution >= 4 is 32.5 Å². The number of oxazole rings is 1. The summed E-state index contributed by atoms with van der Waals surface area (Å²) in [7, 11) is -1.70. The van der Waals surface area contributed by atoms with Crippen LogP contribution in [-0.4, -0.2) is 31.7 Å². The topological polar surface area (TPSA) is 72.2 Å². The van der Waals surface area contributed by atoms with E-state index >= 15 is 0 Å². The minimum absolute atomic E-state index is 0.0826. The molecule has 23 heavy (non-hydrogen) atoms. The molecule has 2 aromatic rings. The Morgan fingerprint density at radius 1 is 1.30 bits per heavy atom. The molecule has 1 aliphatic carbocycles. The number of nitrogens with zero attached hydrogens (tertiary/aromatic N) is 1. The second-order valence-corrected chi connectivity index (χ2v) is 9.69. The van der Waals surface area contributed by atoms with Crippen molar-refractivity contribution in [2.75, 3.05) is 7.05 Å². The lowest BCUT2D eigenvalue weighted by molar-refractivity contribution is 0.358. The van der Waals surface area contributed by atoms with Crippen LogP contribution >= 0.6 is 11.6 Å². The van der Waals surface area contributed by atoms with E-state index in [4.69, 9.17) is 16.0 Å². The second-order valence-electron chi connectivity index (χ2n) is 7.12. The van der Waals surface area contributed by atoms with Crippen molar-refractivity contribution in [3.63, 3.8) is 0 Å². The van der Waals surface area contributed by atoms with Gasteiger partial charge in [-0.15, -0.1) is 0 Å². The van der Waals surface area contributed by atoms with Crippen LogP contribution in [0.5, 0.6) is 0 Å². The summed E-state index contributed by atoms with van der Waals surface area (Å²) in [6.45, 7) is 5.91. The van der Waals surface area contributed by atoms with Crippen LogP contribution in [-0.2, 0) is 15.3 Å². The maximum atomic E-state index is 13.0. The lowest BCUT2D eigenvalue weighted by Gasteiger charge is -2.34. The first-order valence-electron chi connectivity index (χ1n) is 7.65. The van der Waals surface area contributed by atoms with Crippen molar-refractivity contribution in [2.24, 2.45) is 0 Å². The summed E-state index contributed by atoms with van der Waals surface area (Å²) in [6, 6.07) is 3.53. The molecule has 0 amide bonds. The summed E-state index contributed by atoms with van der Waals surface area (Å²) in [4.78, 5) is 4.51. The quantitative estimate of drug-likeness (QED) is 0.913. The third-order valence-electron chi connectivity index (χ3n) is 4.33. The zero-order chi connectivity index (χ0) is 17.0. The molecule has 5 nitrogen and oxygen atoms in total. The van der Waals surface area contributed by atoms with Crippen LogP contribution < -0.4 is 5.32 Å². The highest BCUT2D eigenvalue weighted by Crippen LogP contribution is 2.39. The molecule has 1 heterocycles. The normalized spacial score (nSPS) is 22.3. The molecule has 1 N–H and O–H groups in total. The van der Waals surface area contributed by atoms with Gasteiger partial charge in [-0.3, -0.25) is 0 Å². The molecule has 0 unspecified atom stereocenters. The first kappa shape index (κ1) is 16.7. The third-order valence-corrected chi connectivity index (χ3v) is 7.00. The molecule has 1 aromatic carbocycles. The summed E-state index contributed by atoms with van der Waals surface area (Å²) in [5.74, 6) is 0.507. The molecule has 126 valence electrons. The maximum Gasteiger partial charge on any atom is 0.200 e. The predicted molar refractivity (Wildman–Crippen MR) is 90.8 cm³/mol. The summed E-state index contributed by atoms with van der Waals surface area (Å²) in [5.41, 5.74) is 0.498. The van der Waals surface area contributed by atoms with Crippen molar-refractivity contribution < 1.29 is 12.8 Å². The van der Waals surface area contributed by atoms with Crippen molar-refractivity contribution in [3.8, 4) is 0 Å². The number of nitrogens with one attached hydrogen (secondary N) is 1. The molecule has 3 rings (SSSR count). The number of benzene rings is 1. The highest BCUT2D eigenvalue weighted by atomic mass is 35.5. The highest BCUT2D eigenvalue weighted by molar-refractivity contribution is 7.92. The first-order chi connectivity index (χ1) is 10.6. The number of hydrogen-bond donors (Lipinski definition) is 1. The van der Waals surface area contributed by atoms with Gasteiger partial charge in [0.15, 0.2) is 15.4 Å². The molecule has 1 saturated carbocycles. The van der Waals surface area contributed by atoms with Gasteiger partial charge in [0.1, 0.15) is 10.4 Å². The largest absolute Gasteiger partial charge is 0.439 e. The third kappa shape index (κ3) is 2.77. The molecule has 1 aromatic heterocycles. The van der Waals surface area contributed by atoms with Gasteiger partial charge in [0.05, 0.1) is 10.3 Å². The van der Waals surface area contributed by atoms with E-state index in [1.807, 2.05) is 27.8 Å². The molecular weight excluding hydrogens is 336 g/mol. The smallest absolute Gasteiger partial charge is 0.200 e. The number of halogens is 1. The van der Waals surface area contributed by atoms with Gasteiger partial charge in [-0.05, 0) is 32.0 Å². The Kier molecular flexibility index (Phi) is 3.98. The fourth-order valence-corrected chi connectivity index (χ4v) is 5.27. The fourth-order valence-electron chi connectivity index (χ4n) is 2.75. The number of sulfone groups is 1. The second kappa shape index (κ2) is 5.46. The summed E-state index contributed by atoms with van der Waals surface area (Å²) >= 11 is 6.22. The predicted octanol–water partition coefficient (Wildman–Crippen LogP) is 3.30. The molecule has 0 spiro atoms. The van der Waals surface area contributed by atoms with E-state index in [1.54, 1.807) is 12.1 Å². The number of rotatable bonds is 3. The summed E-state index contributed by atoms with van der Waals surface area (Å²) in [5, 5.41) is 2.87. The molecule has 0 aliphatic heterocycles. The number of aromatic nitrogens is 1. The Labute approximate surface area is 141 Å². The molecule has 1 aliphatic rings. The minimum atomic E-state index is -3.54. The number of hydrogen-bond acceptors (Lipinski definition) is 5. The zero-order valence-electron chi connectivity index (χ0n) is 13.7. The van der Waals surface area contributed by atoms with Crippen molar-refractivity contribution in [3.05, 3.63) is 23.0 Å². The summed E-state index contributed by atoms with van der Waals surface area (Å²) < 4.78 is 31.8. The van der Waals surface area contributed by atoms with Crippen molar-refractivity contribution in [1.82, 2.24) is 10.3 Å². The Balaban J connectivity index is 2.13. The van der Waals surface area contributed by atoms with Crippen LogP contribution in [0.25, 0.3) is 11.1 Å². The van der Waals surface area contributed by atoms with E-state index in [1.165, 1.54) is 0 Å². The van der Waals surface area contributed by atoms with Gasteiger partial charge < -0.3 is 9.73 Å². The molecule has 0 saturated heterocycles. The monoisotopic (exact) mass is 356 g/mol. The molecule has 1 fully saturated rings. The lowest BCUT2D eigenvalue weighted by Crippen LogP contribution is -2.46. The van der Waals surface area contributed by atoms with Gasteiger partial charge in [-0.2, -0.15) is 0 Å². The van der Waals surface area contributed by atoms with Crippen molar-refractivity contribution in [2.45, 2.75) is 55.2 Å². The average Bonchev–Trinajstić information content (AvgIpc) is 2.80. The summed E-state index contributed by atoms with van der Waals surface area (Å²) in [6.07, 6.45) is 1.18. The van der Waals surface area contributed by atoms with Gasteiger partial charge in [0.2, 0.25) is 5.89 Å². The van der Waals surface area contributed by atoms with Crippen LogP contribution in [0.15, 0.2) is 21.4 Å². The van der Waals surface area contributed by atoms with E-state index < -0.39 is 15.1 Å². The molecule has 0 radical (unpaired) electrons. The number of fused-ring (bicyclic) bond motifs is 1. The Morgan fingerprint density at radius 2 is 1.96 bits per heavy atom. The first-order valence-corrected chi connectivity index (χ1v) is 9.57. The minimum Gasteiger partial charge on any atom is -0.439 e. The molecular formula is C16H21ClN2O3S. The average molecular weight is 357 g/mol. The molecule has 7 heteroatoms. The van der Waals surface area contributed by atoms with E-state index in [2.05, 4.69) is 10.3 Å². The van der Waals surface area contributed by atoms with Crippen LogP contribution in [0.3, 0.4) is 0 Å². The van der Waals surface area contributed by atoms with Gasteiger partial charge in [0.25, 0.3) is 0 Å².